The maximum Gasteiger partial charge on any atom is 0.0971 e. The predicted octanol–water partition coefficient (Wildman–Crippen LogP) is 5.81. The van der Waals surface area contributed by atoms with Gasteiger partial charge in [0.2, 0.25) is 0 Å². The molecule has 0 aliphatic heterocycles. The minimum Gasteiger partial charge on any atom is -0.384 e. The summed E-state index contributed by atoms with van der Waals surface area (Å²) in [7, 11) is 0. The SMILES string of the molecule is CCCCCCCCCC/C=C/C(O)c1ccccc1. The molecule has 1 aromatic carbocycles. The van der Waals surface area contributed by atoms with Crippen molar-refractivity contribution in [3.63, 3.8) is 0 Å². The molecular formula is C19H30O. The number of aliphatic hydroxyl groups is 1. The van der Waals surface area contributed by atoms with E-state index < -0.39 is 6.10 Å². The topological polar surface area (TPSA) is 20.2 Å². The number of aliphatic hydroxyl groups excluding tert-OH is 1. The summed E-state index contributed by atoms with van der Waals surface area (Å²) in [5, 5.41) is 9.96. The molecule has 0 aliphatic rings. The molecule has 0 saturated carbocycles. The Balaban J connectivity index is 1.99. The van der Waals surface area contributed by atoms with Crippen LogP contribution < -0.4 is 0 Å². The Morgan fingerprint density at radius 1 is 0.900 bits per heavy atom. The molecule has 0 radical (unpaired) electrons. The zero-order valence-corrected chi connectivity index (χ0v) is 12.9. The minimum absolute atomic E-state index is 0.453. The van der Waals surface area contributed by atoms with E-state index in [0.717, 1.165) is 12.0 Å². The van der Waals surface area contributed by atoms with Crippen molar-refractivity contribution in [2.75, 3.05) is 0 Å². The van der Waals surface area contributed by atoms with Gasteiger partial charge in [-0.3, -0.25) is 0 Å². The van der Waals surface area contributed by atoms with Crippen molar-refractivity contribution in [3.05, 3.63) is 48.0 Å². The van der Waals surface area contributed by atoms with Crippen LogP contribution in [0.4, 0.5) is 0 Å². The molecule has 1 N–H and O–H groups in total. The fourth-order valence-electron chi connectivity index (χ4n) is 2.38. The van der Waals surface area contributed by atoms with Gasteiger partial charge >= 0.3 is 0 Å². The van der Waals surface area contributed by atoms with Gasteiger partial charge in [-0.05, 0) is 18.4 Å². The summed E-state index contributed by atoms with van der Waals surface area (Å²) in [6.45, 7) is 2.26. The molecule has 1 atom stereocenters. The lowest BCUT2D eigenvalue weighted by Gasteiger charge is -2.05. The summed E-state index contributed by atoms with van der Waals surface area (Å²) in [5.41, 5.74) is 0.972. The van der Waals surface area contributed by atoms with Gasteiger partial charge in [0.15, 0.2) is 0 Å². The van der Waals surface area contributed by atoms with Gasteiger partial charge in [-0.15, -0.1) is 0 Å². The maximum absolute atomic E-state index is 9.96. The zero-order chi connectivity index (χ0) is 14.5. The van der Waals surface area contributed by atoms with E-state index in [1.165, 1.54) is 51.4 Å². The van der Waals surface area contributed by atoms with Crippen molar-refractivity contribution in [2.45, 2.75) is 70.8 Å². The van der Waals surface area contributed by atoms with Crippen molar-refractivity contribution in [1.29, 1.82) is 0 Å². The van der Waals surface area contributed by atoms with Crippen LogP contribution in [0.1, 0.15) is 76.4 Å². The van der Waals surface area contributed by atoms with E-state index in [4.69, 9.17) is 0 Å². The van der Waals surface area contributed by atoms with Crippen LogP contribution in [0.2, 0.25) is 0 Å². The summed E-state index contributed by atoms with van der Waals surface area (Å²) < 4.78 is 0. The molecule has 0 amide bonds. The third-order valence-electron chi connectivity index (χ3n) is 3.68. The Labute approximate surface area is 124 Å². The van der Waals surface area contributed by atoms with Crippen molar-refractivity contribution >= 4 is 0 Å². The Morgan fingerprint density at radius 2 is 1.50 bits per heavy atom. The summed E-state index contributed by atoms with van der Waals surface area (Å²) in [4.78, 5) is 0. The molecule has 112 valence electrons. The number of hydrogen-bond acceptors (Lipinski definition) is 1. The smallest absolute Gasteiger partial charge is 0.0971 e. The second kappa shape index (κ2) is 11.7. The minimum atomic E-state index is -0.453. The summed E-state index contributed by atoms with van der Waals surface area (Å²) in [5.74, 6) is 0. The molecule has 0 bridgehead atoms. The lowest BCUT2D eigenvalue weighted by molar-refractivity contribution is 0.228. The molecule has 0 aromatic heterocycles. The van der Waals surface area contributed by atoms with Gasteiger partial charge < -0.3 is 5.11 Å². The molecule has 1 heteroatoms. The highest BCUT2D eigenvalue weighted by Gasteiger charge is 2.00. The second-order valence-electron chi connectivity index (χ2n) is 5.55. The number of rotatable bonds is 11. The van der Waals surface area contributed by atoms with Crippen LogP contribution in [0.5, 0.6) is 0 Å². The molecule has 1 nitrogen and oxygen atoms in total. The molecule has 0 fully saturated rings. The maximum atomic E-state index is 9.96. The Hall–Kier alpha value is -1.08. The van der Waals surface area contributed by atoms with E-state index in [2.05, 4.69) is 13.0 Å². The molecule has 1 unspecified atom stereocenters. The van der Waals surface area contributed by atoms with E-state index in [1.54, 1.807) is 0 Å². The monoisotopic (exact) mass is 274 g/mol. The van der Waals surface area contributed by atoms with Crippen molar-refractivity contribution in [1.82, 2.24) is 0 Å². The van der Waals surface area contributed by atoms with Crippen LogP contribution in [0.15, 0.2) is 42.5 Å². The first-order chi connectivity index (χ1) is 9.84. The highest BCUT2D eigenvalue weighted by atomic mass is 16.3. The van der Waals surface area contributed by atoms with E-state index in [0.29, 0.717) is 0 Å². The third-order valence-corrected chi connectivity index (χ3v) is 3.68. The first kappa shape index (κ1) is 17.0. The van der Waals surface area contributed by atoms with Gasteiger partial charge in [-0.1, -0.05) is 94.4 Å². The Morgan fingerprint density at radius 3 is 2.15 bits per heavy atom. The Kier molecular flexibility index (Phi) is 9.95. The third kappa shape index (κ3) is 8.16. The summed E-state index contributed by atoms with van der Waals surface area (Å²) >= 11 is 0. The molecule has 0 aliphatic carbocycles. The molecule has 1 rings (SSSR count). The van der Waals surface area contributed by atoms with Gasteiger partial charge in [0.1, 0.15) is 0 Å². The van der Waals surface area contributed by atoms with Crippen LogP contribution in [-0.2, 0) is 0 Å². The number of allylic oxidation sites excluding steroid dienone is 1. The van der Waals surface area contributed by atoms with E-state index in [1.807, 2.05) is 36.4 Å². The predicted molar refractivity (Wildman–Crippen MR) is 87.8 cm³/mol. The average Bonchev–Trinajstić information content (AvgIpc) is 2.50. The van der Waals surface area contributed by atoms with Gasteiger partial charge in [-0.2, -0.15) is 0 Å². The van der Waals surface area contributed by atoms with Crippen molar-refractivity contribution < 1.29 is 5.11 Å². The molecule has 20 heavy (non-hydrogen) atoms. The Bertz CT molecular complexity index is 342. The van der Waals surface area contributed by atoms with Crippen LogP contribution >= 0.6 is 0 Å². The van der Waals surface area contributed by atoms with E-state index in [-0.39, 0.29) is 0 Å². The van der Waals surface area contributed by atoms with Gasteiger partial charge in [0.25, 0.3) is 0 Å². The molecule has 0 saturated heterocycles. The molecule has 1 aromatic rings. The number of unbranched alkanes of at least 4 members (excludes halogenated alkanes) is 8. The number of hydrogen-bond donors (Lipinski definition) is 1. The highest BCUT2D eigenvalue weighted by Crippen LogP contribution is 2.14. The normalized spacial score (nSPS) is 12.9. The molecule has 0 spiro atoms. The lowest BCUT2D eigenvalue weighted by Crippen LogP contribution is -1.91. The largest absolute Gasteiger partial charge is 0.384 e. The standard InChI is InChI=1S/C19H30O/c1-2-3-4-5-6-7-8-9-10-14-17-19(20)18-15-12-11-13-16-18/h11-17,19-20H,2-10H2,1H3/b17-14+. The summed E-state index contributed by atoms with van der Waals surface area (Å²) in [6.07, 6.45) is 15.5. The molecular weight excluding hydrogens is 244 g/mol. The van der Waals surface area contributed by atoms with E-state index in [9.17, 15) is 5.11 Å². The van der Waals surface area contributed by atoms with Crippen molar-refractivity contribution in [3.8, 4) is 0 Å². The zero-order valence-electron chi connectivity index (χ0n) is 12.9. The van der Waals surface area contributed by atoms with Crippen LogP contribution in [0.25, 0.3) is 0 Å². The van der Waals surface area contributed by atoms with E-state index >= 15 is 0 Å². The first-order valence-corrected chi connectivity index (χ1v) is 8.24. The van der Waals surface area contributed by atoms with Crippen LogP contribution in [0.3, 0.4) is 0 Å². The molecule has 0 heterocycles. The van der Waals surface area contributed by atoms with Crippen molar-refractivity contribution in [2.24, 2.45) is 0 Å². The van der Waals surface area contributed by atoms with Gasteiger partial charge in [0, 0.05) is 0 Å². The fraction of sp³-hybridized carbons (Fsp3) is 0.579. The number of benzene rings is 1. The average molecular weight is 274 g/mol. The van der Waals surface area contributed by atoms with Crippen LogP contribution in [-0.4, -0.2) is 5.11 Å². The van der Waals surface area contributed by atoms with Gasteiger partial charge in [-0.25, -0.2) is 0 Å². The fourth-order valence-corrected chi connectivity index (χ4v) is 2.38. The highest BCUT2D eigenvalue weighted by molar-refractivity contribution is 5.20. The lowest BCUT2D eigenvalue weighted by atomic mass is 10.1. The summed E-state index contributed by atoms with van der Waals surface area (Å²) in [6, 6.07) is 9.83. The quantitative estimate of drug-likeness (QED) is 0.399. The van der Waals surface area contributed by atoms with Gasteiger partial charge in [0.05, 0.1) is 6.10 Å². The second-order valence-corrected chi connectivity index (χ2v) is 5.55. The first-order valence-electron chi connectivity index (χ1n) is 8.24. The van der Waals surface area contributed by atoms with Crippen LogP contribution in [0, 0.1) is 0 Å².